The molecule has 25 heavy (non-hydrogen) atoms. The van der Waals surface area contributed by atoms with Crippen LogP contribution in [-0.4, -0.2) is 17.7 Å². The molecule has 1 amide bonds. The SMILES string of the molecule is CCOc1ccc(N=C2NC(=O)/C(=C/C=C\c3ccccc3)S2)cc1. The zero-order valence-corrected chi connectivity index (χ0v) is 14.6. The van der Waals surface area contributed by atoms with Crippen LogP contribution in [0.2, 0.25) is 0 Å². The van der Waals surface area contributed by atoms with Crippen LogP contribution in [0.25, 0.3) is 6.08 Å². The summed E-state index contributed by atoms with van der Waals surface area (Å²) in [4.78, 5) is 17.1. The van der Waals surface area contributed by atoms with E-state index >= 15 is 0 Å². The molecule has 0 bridgehead atoms. The molecule has 0 radical (unpaired) electrons. The number of nitrogens with zero attached hydrogens (tertiary/aromatic N) is 1. The average molecular weight is 350 g/mol. The lowest BCUT2D eigenvalue weighted by Crippen LogP contribution is -2.19. The van der Waals surface area contributed by atoms with E-state index in [0.29, 0.717) is 16.7 Å². The first kappa shape index (κ1) is 17.0. The maximum absolute atomic E-state index is 12.0. The molecule has 1 fully saturated rings. The van der Waals surface area contributed by atoms with Crippen molar-refractivity contribution in [3.05, 3.63) is 77.2 Å². The van der Waals surface area contributed by atoms with E-state index in [-0.39, 0.29) is 5.91 Å². The third-order valence-electron chi connectivity index (χ3n) is 3.37. The quantitative estimate of drug-likeness (QED) is 0.806. The van der Waals surface area contributed by atoms with Crippen molar-refractivity contribution in [1.82, 2.24) is 5.32 Å². The molecule has 5 heteroatoms. The Hall–Kier alpha value is -2.79. The van der Waals surface area contributed by atoms with Crippen LogP contribution in [0.1, 0.15) is 12.5 Å². The van der Waals surface area contributed by atoms with Crippen molar-refractivity contribution in [3.8, 4) is 5.75 Å². The van der Waals surface area contributed by atoms with E-state index in [1.54, 1.807) is 6.08 Å². The number of ether oxygens (including phenoxy) is 1. The number of hydrogen-bond acceptors (Lipinski definition) is 4. The number of carbonyl (C=O) groups excluding carboxylic acids is 1. The number of rotatable bonds is 5. The smallest absolute Gasteiger partial charge is 0.264 e. The fourth-order valence-electron chi connectivity index (χ4n) is 2.21. The molecule has 0 unspecified atom stereocenters. The fourth-order valence-corrected chi connectivity index (χ4v) is 3.00. The molecule has 0 saturated carbocycles. The van der Waals surface area contributed by atoms with Crippen LogP contribution in [0.4, 0.5) is 5.69 Å². The zero-order chi connectivity index (χ0) is 17.5. The number of amidine groups is 1. The Morgan fingerprint density at radius 3 is 2.60 bits per heavy atom. The van der Waals surface area contributed by atoms with Gasteiger partial charge in [0.1, 0.15) is 5.75 Å². The summed E-state index contributed by atoms with van der Waals surface area (Å²) in [7, 11) is 0. The lowest BCUT2D eigenvalue weighted by atomic mass is 10.2. The number of aliphatic imine (C=N–C) groups is 1. The molecule has 0 atom stereocenters. The number of carbonyl (C=O) groups is 1. The summed E-state index contributed by atoms with van der Waals surface area (Å²) >= 11 is 1.33. The van der Waals surface area contributed by atoms with Crippen LogP contribution in [0, 0.1) is 0 Å². The standard InChI is InChI=1S/C20H18N2O2S/c1-2-24-17-13-11-16(12-14-17)21-20-22-19(23)18(25-20)10-6-9-15-7-4-3-5-8-15/h3-14H,2H2,1H3,(H,21,22,23)/b9-6-,18-10-. The van der Waals surface area contributed by atoms with E-state index < -0.39 is 0 Å². The molecule has 1 heterocycles. The molecular weight excluding hydrogens is 332 g/mol. The van der Waals surface area contributed by atoms with Crippen LogP contribution in [0.15, 0.2) is 76.6 Å². The Labute approximate surface area is 151 Å². The minimum atomic E-state index is -0.132. The molecule has 3 rings (SSSR count). The predicted octanol–water partition coefficient (Wildman–Crippen LogP) is 4.53. The van der Waals surface area contributed by atoms with Crippen LogP contribution >= 0.6 is 11.8 Å². The molecule has 1 N–H and O–H groups in total. The maximum atomic E-state index is 12.0. The Bertz CT molecular complexity index is 825. The number of amides is 1. The second-order valence-corrected chi connectivity index (χ2v) is 6.23. The summed E-state index contributed by atoms with van der Waals surface area (Å²) in [5.41, 5.74) is 1.86. The molecule has 0 aliphatic carbocycles. The molecule has 1 aliphatic rings. The first-order chi connectivity index (χ1) is 12.2. The number of thioether (sulfide) groups is 1. The van der Waals surface area contributed by atoms with E-state index in [4.69, 9.17) is 4.74 Å². The Balaban J connectivity index is 1.67. The van der Waals surface area contributed by atoms with E-state index in [1.165, 1.54) is 11.8 Å². The summed E-state index contributed by atoms with van der Waals surface area (Å²) in [6, 6.07) is 17.4. The lowest BCUT2D eigenvalue weighted by molar-refractivity contribution is -0.115. The van der Waals surface area contributed by atoms with Crippen molar-refractivity contribution in [3.63, 3.8) is 0 Å². The van der Waals surface area contributed by atoms with Gasteiger partial charge in [0, 0.05) is 0 Å². The van der Waals surface area contributed by atoms with Gasteiger partial charge in [-0.2, -0.15) is 0 Å². The number of hydrogen-bond donors (Lipinski definition) is 1. The van der Waals surface area contributed by atoms with Gasteiger partial charge in [-0.1, -0.05) is 42.5 Å². The lowest BCUT2D eigenvalue weighted by Gasteiger charge is -2.02. The highest BCUT2D eigenvalue weighted by atomic mass is 32.2. The highest BCUT2D eigenvalue weighted by Crippen LogP contribution is 2.27. The van der Waals surface area contributed by atoms with Gasteiger partial charge in [-0.05, 0) is 54.6 Å². The molecule has 2 aromatic rings. The molecule has 0 spiro atoms. The third-order valence-corrected chi connectivity index (χ3v) is 4.29. The van der Waals surface area contributed by atoms with Crippen molar-refractivity contribution in [1.29, 1.82) is 0 Å². The Morgan fingerprint density at radius 2 is 1.88 bits per heavy atom. The van der Waals surface area contributed by atoms with Crippen LogP contribution in [-0.2, 0) is 4.79 Å². The number of allylic oxidation sites excluding steroid dienone is 2. The van der Waals surface area contributed by atoms with Crippen molar-refractivity contribution < 1.29 is 9.53 Å². The summed E-state index contributed by atoms with van der Waals surface area (Å²) in [6.45, 7) is 2.57. The zero-order valence-electron chi connectivity index (χ0n) is 13.8. The summed E-state index contributed by atoms with van der Waals surface area (Å²) in [5.74, 6) is 0.675. The van der Waals surface area contributed by atoms with Gasteiger partial charge in [-0.25, -0.2) is 4.99 Å². The largest absolute Gasteiger partial charge is 0.494 e. The van der Waals surface area contributed by atoms with Crippen LogP contribution in [0.3, 0.4) is 0 Å². The Morgan fingerprint density at radius 1 is 1.12 bits per heavy atom. The molecule has 2 aromatic carbocycles. The number of benzene rings is 2. The Kier molecular flexibility index (Phi) is 5.69. The highest BCUT2D eigenvalue weighted by Gasteiger charge is 2.23. The molecule has 0 aromatic heterocycles. The molecular formula is C20H18N2O2S. The van der Waals surface area contributed by atoms with Gasteiger partial charge >= 0.3 is 0 Å². The van der Waals surface area contributed by atoms with Gasteiger partial charge < -0.3 is 10.1 Å². The average Bonchev–Trinajstić information content (AvgIpc) is 2.97. The van der Waals surface area contributed by atoms with Crippen molar-refractivity contribution in [2.24, 2.45) is 4.99 Å². The van der Waals surface area contributed by atoms with Gasteiger partial charge in [0.05, 0.1) is 17.2 Å². The summed E-state index contributed by atoms with van der Waals surface area (Å²) < 4.78 is 5.41. The maximum Gasteiger partial charge on any atom is 0.264 e. The monoisotopic (exact) mass is 350 g/mol. The second kappa shape index (κ2) is 8.35. The van der Waals surface area contributed by atoms with Gasteiger partial charge in [-0.15, -0.1) is 0 Å². The van der Waals surface area contributed by atoms with Crippen LogP contribution in [0.5, 0.6) is 5.75 Å². The minimum Gasteiger partial charge on any atom is -0.494 e. The van der Waals surface area contributed by atoms with Crippen molar-refractivity contribution in [2.75, 3.05) is 6.61 Å². The highest BCUT2D eigenvalue weighted by molar-refractivity contribution is 8.18. The minimum absolute atomic E-state index is 0.132. The first-order valence-corrected chi connectivity index (χ1v) is 8.80. The fraction of sp³-hybridized carbons (Fsp3) is 0.100. The number of nitrogens with one attached hydrogen (secondary N) is 1. The van der Waals surface area contributed by atoms with Gasteiger partial charge in [0.15, 0.2) is 5.17 Å². The van der Waals surface area contributed by atoms with Crippen LogP contribution < -0.4 is 10.1 Å². The van der Waals surface area contributed by atoms with Gasteiger partial charge in [0.2, 0.25) is 0 Å². The molecule has 1 aliphatic heterocycles. The van der Waals surface area contributed by atoms with Gasteiger partial charge in [-0.3, -0.25) is 4.79 Å². The van der Waals surface area contributed by atoms with E-state index in [1.807, 2.05) is 73.7 Å². The first-order valence-electron chi connectivity index (χ1n) is 7.99. The molecule has 4 nitrogen and oxygen atoms in total. The van der Waals surface area contributed by atoms with Crippen molar-refractivity contribution in [2.45, 2.75) is 6.92 Å². The second-order valence-electron chi connectivity index (χ2n) is 5.20. The van der Waals surface area contributed by atoms with E-state index in [9.17, 15) is 4.79 Å². The van der Waals surface area contributed by atoms with E-state index in [0.717, 1.165) is 17.0 Å². The third kappa shape index (κ3) is 4.84. The molecule has 126 valence electrons. The summed E-state index contributed by atoms with van der Waals surface area (Å²) in [6.07, 6.45) is 5.63. The normalized spacial score (nSPS) is 17.4. The topological polar surface area (TPSA) is 50.7 Å². The van der Waals surface area contributed by atoms with E-state index in [2.05, 4.69) is 10.3 Å². The summed E-state index contributed by atoms with van der Waals surface area (Å²) in [5, 5.41) is 3.36. The molecule has 1 saturated heterocycles. The van der Waals surface area contributed by atoms with Crippen molar-refractivity contribution >= 4 is 34.6 Å². The predicted molar refractivity (Wildman–Crippen MR) is 104 cm³/mol. The van der Waals surface area contributed by atoms with Gasteiger partial charge in [0.25, 0.3) is 5.91 Å².